The van der Waals surface area contributed by atoms with Crippen LogP contribution in [-0.2, 0) is 0 Å². The Bertz CT molecular complexity index is 455. The minimum Gasteiger partial charge on any atom is -0.337 e. The fourth-order valence-electron chi connectivity index (χ4n) is 2.88. The second-order valence-electron chi connectivity index (χ2n) is 5.08. The van der Waals surface area contributed by atoms with Crippen molar-refractivity contribution >= 4 is 42.3 Å². The molecule has 20 heavy (non-hydrogen) atoms. The van der Waals surface area contributed by atoms with Gasteiger partial charge in [-0.15, -0.1) is 24.8 Å². The van der Waals surface area contributed by atoms with Crippen molar-refractivity contribution in [3.05, 3.63) is 29.0 Å². The normalized spacial score (nSPS) is 24.4. The van der Waals surface area contributed by atoms with E-state index < -0.39 is 0 Å². The van der Waals surface area contributed by atoms with Gasteiger partial charge in [-0.25, -0.2) is 4.98 Å². The molecular formula is C13H18Cl3N3O. The summed E-state index contributed by atoms with van der Waals surface area (Å²) < 4.78 is 0. The summed E-state index contributed by atoms with van der Waals surface area (Å²) in [6, 6.07) is 3.41. The van der Waals surface area contributed by atoms with Crippen molar-refractivity contribution in [2.75, 3.05) is 26.2 Å². The van der Waals surface area contributed by atoms with Crippen LogP contribution in [0.25, 0.3) is 0 Å². The number of aromatic nitrogens is 1. The third-order valence-electron chi connectivity index (χ3n) is 3.94. The highest BCUT2D eigenvalue weighted by Crippen LogP contribution is 2.27. The first kappa shape index (κ1) is 17.5. The van der Waals surface area contributed by atoms with Gasteiger partial charge in [0.25, 0.3) is 5.91 Å². The van der Waals surface area contributed by atoms with Crippen molar-refractivity contribution < 1.29 is 4.79 Å². The van der Waals surface area contributed by atoms with Gasteiger partial charge in [-0.05, 0) is 43.5 Å². The molecule has 7 heteroatoms. The molecule has 1 aromatic rings. The van der Waals surface area contributed by atoms with Crippen LogP contribution < -0.4 is 5.32 Å². The number of nitrogens with one attached hydrogen (secondary N) is 1. The Kier molecular flexibility index (Phi) is 6.52. The summed E-state index contributed by atoms with van der Waals surface area (Å²) in [6.07, 6.45) is 2.62. The van der Waals surface area contributed by atoms with E-state index in [0.717, 1.165) is 38.5 Å². The zero-order valence-electron chi connectivity index (χ0n) is 10.9. The molecule has 1 amide bonds. The minimum atomic E-state index is 0. The Morgan fingerprint density at radius 2 is 2.05 bits per heavy atom. The van der Waals surface area contributed by atoms with E-state index in [9.17, 15) is 4.79 Å². The topological polar surface area (TPSA) is 45.2 Å². The number of hydrogen-bond acceptors (Lipinski definition) is 3. The molecule has 1 aromatic heterocycles. The number of hydrogen-bond donors (Lipinski definition) is 1. The lowest BCUT2D eigenvalue weighted by Gasteiger charge is -2.34. The van der Waals surface area contributed by atoms with Gasteiger partial charge < -0.3 is 10.2 Å². The summed E-state index contributed by atoms with van der Waals surface area (Å²) in [5.74, 6) is 1.37. The number of piperidine rings is 1. The summed E-state index contributed by atoms with van der Waals surface area (Å²) in [4.78, 5) is 18.3. The largest absolute Gasteiger partial charge is 0.337 e. The highest BCUT2D eigenvalue weighted by molar-refractivity contribution is 6.30. The second kappa shape index (κ2) is 7.46. The van der Waals surface area contributed by atoms with Gasteiger partial charge in [0.1, 0.15) is 5.69 Å². The molecule has 2 unspecified atom stereocenters. The molecule has 0 spiro atoms. The molecule has 4 nitrogen and oxygen atoms in total. The SMILES string of the molecule is Cl.Cl.O=C(c1ccc(Cl)cn1)N1CCC2CNCC2C1. The summed E-state index contributed by atoms with van der Waals surface area (Å²) >= 11 is 5.78. The van der Waals surface area contributed by atoms with Gasteiger partial charge in [0.05, 0.1) is 5.02 Å². The number of rotatable bonds is 1. The Labute approximate surface area is 136 Å². The molecule has 1 N–H and O–H groups in total. The molecule has 0 aliphatic carbocycles. The van der Waals surface area contributed by atoms with Crippen LogP contribution in [0.1, 0.15) is 16.9 Å². The van der Waals surface area contributed by atoms with Crippen molar-refractivity contribution in [2.45, 2.75) is 6.42 Å². The zero-order valence-corrected chi connectivity index (χ0v) is 13.3. The molecule has 2 saturated heterocycles. The lowest BCUT2D eigenvalue weighted by Crippen LogP contribution is -2.43. The monoisotopic (exact) mass is 337 g/mol. The Balaban J connectivity index is 0.000001000. The van der Waals surface area contributed by atoms with Crippen molar-refractivity contribution in [2.24, 2.45) is 11.8 Å². The minimum absolute atomic E-state index is 0. The summed E-state index contributed by atoms with van der Waals surface area (Å²) in [7, 11) is 0. The number of halogens is 3. The third-order valence-corrected chi connectivity index (χ3v) is 4.16. The van der Waals surface area contributed by atoms with Crippen LogP contribution in [0.2, 0.25) is 5.02 Å². The first-order valence-electron chi connectivity index (χ1n) is 6.35. The second-order valence-corrected chi connectivity index (χ2v) is 5.52. The Morgan fingerprint density at radius 3 is 2.75 bits per heavy atom. The predicted molar refractivity (Wildman–Crippen MR) is 84.1 cm³/mol. The summed E-state index contributed by atoms with van der Waals surface area (Å²) in [6.45, 7) is 3.82. The van der Waals surface area contributed by atoms with Crippen LogP contribution in [0, 0.1) is 11.8 Å². The van der Waals surface area contributed by atoms with E-state index in [-0.39, 0.29) is 30.7 Å². The van der Waals surface area contributed by atoms with Gasteiger partial charge in [0.2, 0.25) is 0 Å². The Morgan fingerprint density at radius 1 is 1.30 bits per heavy atom. The standard InChI is InChI=1S/C13H16ClN3O.2ClH/c14-11-1-2-12(16-7-11)13(18)17-4-3-9-5-15-6-10(9)8-17;;/h1-2,7,9-10,15H,3-6,8H2;2*1H. The van der Waals surface area contributed by atoms with Crippen LogP contribution >= 0.6 is 36.4 Å². The maximum absolute atomic E-state index is 12.3. The van der Waals surface area contributed by atoms with E-state index in [1.807, 2.05) is 4.90 Å². The van der Waals surface area contributed by atoms with Crippen molar-refractivity contribution in [3.63, 3.8) is 0 Å². The lowest BCUT2D eigenvalue weighted by molar-refractivity contribution is 0.0636. The average Bonchev–Trinajstić information content (AvgIpc) is 2.86. The van der Waals surface area contributed by atoms with Gasteiger partial charge in [0, 0.05) is 19.3 Å². The van der Waals surface area contributed by atoms with Gasteiger partial charge >= 0.3 is 0 Å². The van der Waals surface area contributed by atoms with Crippen LogP contribution in [0.3, 0.4) is 0 Å². The van der Waals surface area contributed by atoms with Gasteiger partial charge in [-0.1, -0.05) is 11.6 Å². The van der Waals surface area contributed by atoms with E-state index in [0.29, 0.717) is 16.6 Å². The third kappa shape index (κ3) is 3.55. The maximum Gasteiger partial charge on any atom is 0.272 e. The zero-order chi connectivity index (χ0) is 12.5. The van der Waals surface area contributed by atoms with E-state index in [1.165, 1.54) is 6.20 Å². The van der Waals surface area contributed by atoms with Gasteiger partial charge in [-0.2, -0.15) is 0 Å². The number of nitrogens with zero attached hydrogens (tertiary/aromatic N) is 2. The van der Waals surface area contributed by atoms with Crippen molar-refractivity contribution in [3.8, 4) is 0 Å². The van der Waals surface area contributed by atoms with Crippen molar-refractivity contribution in [1.82, 2.24) is 15.2 Å². The predicted octanol–water partition coefficient (Wildman–Crippen LogP) is 2.26. The first-order valence-corrected chi connectivity index (χ1v) is 6.73. The molecule has 2 aliphatic rings. The van der Waals surface area contributed by atoms with E-state index in [4.69, 9.17) is 11.6 Å². The molecule has 0 aromatic carbocycles. The first-order chi connectivity index (χ1) is 8.74. The molecule has 0 radical (unpaired) electrons. The molecule has 0 bridgehead atoms. The fourth-order valence-corrected chi connectivity index (χ4v) is 3.00. The van der Waals surface area contributed by atoms with Crippen LogP contribution in [0.4, 0.5) is 0 Å². The maximum atomic E-state index is 12.3. The number of likely N-dealkylation sites (tertiary alicyclic amines) is 1. The number of carbonyl (C=O) groups is 1. The van der Waals surface area contributed by atoms with E-state index >= 15 is 0 Å². The van der Waals surface area contributed by atoms with E-state index in [2.05, 4.69) is 10.3 Å². The number of pyridine rings is 1. The van der Waals surface area contributed by atoms with E-state index in [1.54, 1.807) is 12.1 Å². The van der Waals surface area contributed by atoms with Crippen molar-refractivity contribution in [1.29, 1.82) is 0 Å². The molecule has 2 atom stereocenters. The van der Waals surface area contributed by atoms with Crippen LogP contribution in [0.15, 0.2) is 18.3 Å². The number of amides is 1. The lowest BCUT2D eigenvalue weighted by atomic mass is 9.88. The number of carbonyl (C=O) groups excluding carboxylic acids is 1. The molecule has 2 fully saturated rings. The Hall–Kier alpha value is -0.550. The summed E-state index contributed by atoms with van der Waals surface area (Å²) in [5.41, 5.74) is 0.490. The molecule has 3 rings (SSSR count). The molecule has 2 aliphatic heterocycles. The molecule has 3 heterocycles. The molecule has 112 valence electrons. The molecular weight excluding hydrogens is 321 g/mol. The van der Waals surface area contributed by atoms with Gasteiger partial charge in [0.15, 0.2) is 0 Å². The van der Waals surface area contributed by atoms with Gasteiger partial charge in [-0.3, -0.25) is 4.79 Å². The number of fused-ring (bicyclic) bond motifs is 1. The smallest absolute Gasteiger partial charge is 0.272 e. The molecule has 0 saturated carbocycles. The summed E-state index contributed by atoms with van der Waals surface area (Å²) in [5, 5.41) is 3.96. The van der Waals surface area contributed by atoms with Crippen LogP contribution in [0.5, 0.6) is 0 Å². The highest BCUT2D eigenvalue weighted by atomic mass is 35.5. The highest BCUT2D eigenvalue weighted by Gasteiger charge is 2.34. The fraction of sp³-hybridized carbons (Fsp3) is 0.538. The quantitative estimate of drug-likeness (QED) is 0.854. The average molecular weight is 339 g/mol. The van der Waals surface area contributed by atoms with Crippen LogP contribution in [-0.4, -0.2) is 42.0 Å².